The van der Waals surface area contributed by atoms with E-state index in [-0.39, 0.29) is 17.2 Å². The van der Waals surface area contributed by atoms with Crippen molar-refractivity contribution < 1.29 is 30.7 Å². The van der Waals surface area contributed by atoms with Gasteiger partial charge in [0, 0.05) is 11.6 Å². The van der Waals surface area contributed by atoms with Crippen LogP contribution < -0.4 is 4.18 Å². The third-order valence-corrected chi connectivity index (χ3v) is 9.41. The summed E-state index contributed by atoms with van der Waals surface area (Å²) in [5.74, 6) is -4.30. The molecule has 1 aromatic rings. The smallest absolute Gasteiger partial charge is 0.372 e. The molecule has 0 aliphatic rings. The Kier molecular flexibility index (Phi) is 6.30. The third-order valence-electron chi connectivity index (χ3n) is 4.08. The van der Waals surface area contributed by atoms with Crippen LogP contribution in [0.2, 0.25) is 18.1 Å². The standard InChI is InChI=1S/C14H21F2NO6SSi/c1-14(2,3)25(4,5)22-9-10-6-7-11(17(18)19)8-12(10)23-24(20,21)13(15)16/h6-8,13H,9H2,1-5H3. The van der Waals surface area contributed by atoms with Gasteiger partial charge in [0.1, 0.15) is 0 Å². The Hall–Kier alpha value is -1.59. The van der Waals surface area contributed by atoms with Crippen molar-refractivity contribution in [3.8, 4) is 5.75 Å². The molecule has 0 aliphatic carbocycles. The second-order valence-corrected chi connectivity index (χ2v) is 13.3. The van der Waals surface area contributed by atoms with Crippen molar-refractivity contribution in [2.45, 2.75) is 51.3 Å². The van der Waals surface area contributed by atoms with Crippen molar-refractivity contribution in [3.05, 3.63) is 33.9 Å². The van der Waals surface area contributed by atoms with Gasteiger partial charge in [-0.15, -0.1) is 0 Å². The largest absolute Gasteiger partial charge is 0.412 e. The molecule has 0 saturated heterocycles. The summed E-state index contributed by atoms with van der Waals surface area (Å²) in [6.07, 6.45) is 0. The Bertz CT molecular complexity index is 746. The molecule has 0 N–H and O–H groups in total. The Morgan fingerprint density at radius 2 is 1.84 bits per heavy atom. The monoisotopic (exact) mass is 397 g/mol. The molecule has 0 bridgehead atoms. The second kappa shape index (κ2) is 7.34. The summed E-state index contributed by atoms with van der Waals surface area (Å²) in [4.78, 5) is 10.1. The van der Waals surface area contributed by atoms with Crippen molar-refractivity contribution in [3.63, 3.8) is 0 Å². The maximum absolute atomic E-state index is 12.5. The van der Waals surface area contributed by atoms with Gasteiger partial charge >= 0.3 is 15.9 Å². The van der Waals surface area contributed by atoms with Gasteiger partial charge < -0.3 is 8.61 Å². The fourth-order valence-corrected chi connectivity index (χ4v) is 2.92. The fraction of sp³-hybridized carbons (Fsp3) is 0.571. The minimum absolute atomic E-state index is 0.109. The molecule has 0 heterocycles. The molecule has 11 heteroatoms. The van der Waals surface area contributed by atoms with E-state index in [2.05, 4.69) is 4.18 Å². The number of nitro benzene ring substituents is 1. The first kappa shape index (κ1) is 21.4. The van der Waals surface area contributed by atoms with E-state index in [0.717, 1.165) is 12.1 Å². The van der Waals surface area contributed by atoms with Crippen LogP contribution in [-0.2, 0) is 21.2 Å². The predicted octanol–water partition coefficient (Wildman–Crippen LogP) is 4.05. The topological polar surface area (TPSA) is 95.7 Å². The highest BCUT2D eigenvalue weighted by Crippen LogP contribution is 2.38. The maximum Gasteiger partial charge on any atom is 0.372 e. The van der Waals surface area contributed by atoms with E-state index < -0.39 is 40.6 Å². The molecule has 142 valence electrons. The maximum atomic E-state index is 12.5. The van der Waals surface area contributed by atoms with Crippen LogP contribution in [0.4, 0.5) is 14.5 Å². The highest BCUT2D eigenvalue weighted by molar-refractivity contribution is 7.87. The molecule has 1 aromatic carbocycles. The molecule has 0 aromatic heterocycles. The summed E-state index contributed by atoms with van der Waals surface area (Å²) in [6.45, 7) is 9.78. The Morgan fingerprint density at radius 3 is 2.28 bits per heavy atom. The quantitative estimate of drug-likeness (QED) is 0.298. The van der Waals surface area contributed by atoms with Crippen LogP contribution in [0.3, 0.4) is 0 Å². The van der Waals surface area contributed by atoms with Gasteiger partial charge in [0.05, 0.1) is 17.6 Å². The summed E-state index contributed by atoms with van der Waals surface area (Å²) in [5.41, 5.74) is -0.338. The number of non-ortho nitro benzene ring substituents is 1. The average molecular weight is 397 g/mol. The van der Waals surface area contributed by atoms with Gasteiger partial charge in [-0.25, -0.2) is 0 Å². The first-order valence-electron chi connectivity index (χ1n) is 7.30. The molecule has 0 spiro atoms. The number of nitro groups is 1. The number of hydrogen-bond acceptors (Lipinski definition) is 6. The van der Waals surface area contributed by atoms with Crippen LogP contribution in [0, 0.1) is 10.1 Å². The molecule has 0 radical (unpaired) electrons. The number of hydrogen-bond donors (Lipinski definition) is 0. The average Bonchev–Trinajstić information content (AvgIpc) is 2.43. The zero-order valence-electron chi connectivity index (χ0n) is 14.6. The highest BCUT2D eigenvalue weighted by Gasteiger charge is 2.37. The molecule has 0 unspecified atom stereocenters. The summed E-state index contributed by atoms with van der Waals surface area (Å²) >= 11 is 0. The molecule has 0 saturated carbocycles. The van der Waals surface area contributed by atoms with Crippen LogP contribution in [0.25, 0.3) is 0 Å². The van der Waals surface area contributed by atoms with Crippen LogP contribution in [0.1, 0.15) is 26.3 Å². The number of rotatable bonds is 7. The molecule has 0 fully saturated rings. The summed E-state index contributed by atoms with van der Waals surface area (Å²) < 4.78 is 58.0. The molecule has 25 heavy (non-hydrogen) atoms. The van der Waals surface area contributed by atoms with Crippen LogP contribution >= 0.6 is 0 Å². The zero-order chi connectivity index (χ0) is 19.6. The molecular formula is C14H21F2NO6SSi. The Balaban J connectivity index is 3.20. The minimum atomic E-state index is -5.20. The zero-order valence-corrected chi connectivity index (χ0v) is 16.4. The number of benzene rings is 1. The summed E-state index contributed by atoms with van der Waals surface area (Å²) in [7, 11) is -7.41. The van der Waals surface area contributed by atoms with Gasteiger partial charge in [0.2, 0.25) is 0 Å². The van der Waals surface area contributed by atoms with Crippen molar-refractivity contribution >= 4 is 24.1 Å². The normalized spacial score (nSPS) is 13.1. The predicted molar refractivity (Wildman–Crippen MR) is 90.6 cm³/mol. The van der Waals surface area contributed by atoms with Crippen molar-refractivity contribution in [2.75, 3.05) is 0 Å². The molecule has 7 nitrogen and oxygen atoms in total. The van der Waals surface area contributed by atoms with Gasteiger partial charge in [-0.1, -0.05) is 20.8 Å². The number of nitrogens with zero attached hydrogens (tertiary/aromatic N) is 1. The molecule has 1 rings (SSSR count). The number of alkyl halides is 2. The van der Waals surface area contributed by atoms with E-state index in [1.165, 1.54) is 6.07 Å². The van der Waals surface area contributed by atoms with Gasteiger partial charge in [0.15, 0.2) is 14.1 Å². The number of halogens is 2. The molecular weight excluding hydrogens is 376 g/mol. The van der Waals surface area contributed by atoms with Gasteiger partial charge in [-0.3, -0.25) is 10.1 Å². The van der Waals surface area contributed by atoms with Crippen LogP contribution in [-0.4, -0.2) is 27.4 Å². The Morgan fingerprint density at radius 1 is 1.28 bits per heavy atom. The highest BCUT2D eigenvalue weighted by atomic mass is 32.2. The van der Waals surface area contributed by atoms with Gasteiger partial charge in [-0.2, -0.15) is 17.2 Å². The SMILES string of the molecule is CC(C)(C)[Si](C)(C)OCc1ccc([N+](=O)[O-])cc1OS(=O)(=O)C(F)F. The van der Waals surface area contributed by atoms with E-state index in [4.69, 9.17) is 4.43 Å². The Labute approximate surface area is 146 Å². The van der Waals surface area contributed by atoms with Gasteiger partial charge in [0.25, 0.3) is 5.69 Å². The van der Waals surface area contributed by atoms with E-state index >= 15 is 0 Å². The molecule has 0 aliphatic heterocycles. The summed E-state index contributed by atoms with van der Waals surface area (Å²) in [6, 6.07) is 3.16. The van der Waals surface area contributed by atoms with E-state index in [1.54, 1.807) is 0 Å². The van der Waals surface area contributed by atoms with Crippen LogP contribution in [0.15, 0.2) is 18.2 Å². The minimum Gasteiger partial charge on any atom is -0.412 e. The van der Waals surface area contributed by atoms with E-state index in [0.29, 0.717) is 0 Å². The van der Waals surface area contributed by atoms with Gasteiger partial charge in [-0.05, 0) is 24.2 Å². The summed E-state index contributed by atoms with van der Waals surface area (Å²) in [5, 5.41) is 10.7. The van der Waals surface area contributed by atoms with Crippen molar-refractivity contribution in [2.24, 2.45) is 0 Å². The first-order valence-corrected chi connectivity index (χ1v) is 11.7. The van der Waals surface area contributed by atoms with Crippen molar-refractivity contribution in [1.82, 2.24) is 0 Å². The van der Waals surface area contributed by atoms with E-state index in [1.807, 2.05) is 33.9 Å². The lowest BCUT2D eigenvalue weighted by atomic mass is 10.2. The van der Waals surface area contributed by atoms with Crippen LogP contribution in [0.5, 0.6) is 5.75 Å². The molecule has 0 amide bonds. The van der Waals surface area contributed by atoms with E-state index in [9.17, 15) is 27.3 Å². The third kappa shape index (κ3) is 5.44. The fourth-order valence-electron chi connectivity index (χ4n) is 1.49. The van der Waals surface area contributed by atoms with Crippen molar-refractivity contribution in [1.29, 1.82) is 0 Å². The lowest BCUT2D eigenvalue weighted by Gasteiger charge is -2.36. The lowest BCUT2D eigenvalue weighted by Crippen LogP contribution is -2.40. The second-order valence-electron chi connectivity index (χ2n) is 6.93. The lowest BCUT2D eigenvalue weighted by molar-refractivity contribution is -0.384. The molecule has 0 atom stereocenters. The first-order chi connectivity index (χ1) is 11.2.